The Morgan fingerprint density at radius 3 is 2.86 bits per heavy atom. The smallest absolute Gasteiger partial charge is 0.228 e. The van der Waals surface area contributed by atoms with Crippen molar-refractivity contribution < 1.29 is 4.79 Å². The lowest BCUT2D eigenvalue weighted by molar-refractivity contribution is -0.117. The summed E-state index contributed by atoms with van der Waals surface area (Å²) in [7, 11) is 1.82. The van der Waals surface area contributed by atoms with Crippen molar-refractivity contribution in [1.82, 2.24) is 19.6 Å². The predicted octanol–water partition coefficient (Wildman–Crippen LogP) is 3.07. The van der Waals surface area contributed by atoms with Gasteiger partial charge in [-0.05, 0) is 37.1 Å². The van der Waals surface area contributed by atoms with Crippen molar-refractivity contribution in [3.8, 4) is 11.8 Å². The Bertz CT molecular complexity index is 1310. The molecular formula is C22H18N6O. The van der Waals surface area contributed by atoms with Crippen LogP contribution < -0.4 is 10.6 Å². The van der Waals surface area contributed by atoms with Crippen LogP contribution in [0.1, 0.15) is 24.0 Å². The van der Waals surface area contributed by atoms with Crippen molar-refractivity contribution in [3.05, 3.63) is 60.2 Å². The minimum absolute atomic E-state index is 0.0292. The highest BCUT2D eigenvalue weighted by atomic mass is 16.2. The van der Waals surface area contributed by atoms with Crippen LogP contribution in [0.25, 0.3) is 16.3 Å². The van der Waals surface area contributed by atoms with Crippen molar-refractivity contribution in [2.24, 2.45) is 5.92 Å². The third-order valence-electron chi connectivity index (χ3n) is 4.95. The topological polar surface area (TPSA) is 84.2 Å². The van der Waals surface area contributed by atoms with E-state index in [4.69, 9.17) is 0 Å². The fourth-order valence-electron chi connectivity index (χ4n) is 3.22. The lowest BCUT2D eigenvalue weighted by Crippen LogP contribution is -2.14. The zero-order chi connectivity index (χ0) is 19.8. The first kappa shape index (κ1) is 17.2. The molecule has 7 nitrogen and oxygen atoms in total. The number of amides is 1. The molecule has 1 amide bonds. The Hall–Kier alpha value is -3.92. The predicted molar refractivity (Wildman–Crippen MR) is 112 cm³/mol. The van der Waals surface area contributed by atoms with Crippen LogP contribution in [0.2, 0.25) is 0 Å². The zero-order valence-electron chi connectivity index (χ0n) is 15.8. The molecule has 4 aromatic heterocycles. The average molecular weight is 382 g/mol. The monoisotopic (exact) mass is 382 g/mol. The number of rotatable bonds is 3. The van der Waals surface area contributed by atoms with Gasteiger partial charge in [0, 0.05) is 54.1 Å². The van der Waals surface area contributed by atoms with Crippen molar-refractivity contribution in [1.29, 1.82) is 0 Å². The molecule has 0 spiro atoms. The maximum atomic E-state index is 12.1. The third kappa shape index (κ3) is 3.36. The van der Waals surface area contributed by atoms with E-state index in [1.807, 2.05) is 37.5 Å². The largest absolute Gasteiger partial charge is 0.373 e. The van der Waals surface area contributed by atoms with Gasteiger partial charge in [0.2, 0.25) is 5.91 Å². The Morgan fingerprint density at radius 2 is 2.03 bits per heavy atom. The number of hydrogen-bond acceptors (Lipinski definition) is 5. The van der Waals surface area contributed by atoms with Gasteiger partial charge in [0.25, 0.3) is 0 Å². The number of carbonyl (C=O) groups is 1. The molecule has 0 bridgehead atoms. The zero-order valence-corrected chi connectivity index (χ0v) is 15.8. The molecule has 0 aliphatic heterocycles. The van der Waals surface area contributed by atoms with Gasteiger partial charge in [0.05, 0.1) is 11.1 Å². The van der Waals surface area contributed by atoms with Gasteiger partial charge in [-0.3, -0.25) is 4.79 Å². The first-order valence-electron chi connectivity index (χ1n) is 9.44. The van der Waals surface area contributed by atoms with Gasteiger partial charge < -0.3 is 10.6 Å². The lowest BCUT2D eigenvalue weighted by atomic mass is 10.1. The summed E-state index contributed by atoms with van der Waals surface area (Å²) in [5.41, 5.74) is 2.65. The molecule has 0 aromatic carbocycles. The number of fused-ring (bicyclic) bond motifs is 2. The van der Waals surface area contributed by atoms with E-state index in [1.54, 1.807) is 23.1 Å². The SMILES string of the molecule is CNc1ncc(C#Cc2ccn3nccc3c2)c2cc(NC(=O)C3CC3)ncc12. The number of nitrogens with zero attached hydrogens (tertiary/aromatic N) is 4. The summed E-state index contributed by atoms with van der Waals surface area (Å²) in [6.45, 7) is 0. The Labute approximate surface area is 167 Å². The summed E-state index contributed by atoms with van der Waals surface area (Å²) in [5, 5.41) is 11.9. The van der Waals surface area contributed by atoms with Crippen LogP contribution in [-0.4, -0.2) is 32.5 Å². The van der Waals surface area contributed by atoms with Gasteiger partial charge in [0.15, 0.2) is 0 Å². The fourth-order valence-corrected chi connectivity index (χ4v) is 3.22. The molecule has 142 valence electrons. The van der Waals surface area contributed by atoms with E-state index in [-0.39, 0.29) is 11.8 Å². The van der Waals surface area contributed by atoms with Gasteiger partial charge in [-0.1, -0.05) is 11.8 Å². The highest BCUT2D eigenvalue weighted by Gasteiger charge is 2.29. The third-order valence-corrected chi connectivity index (χ3v) is 4.95. The van der Waals surface area contributed by atoms with E-state index >= 15 is 0 Å². The number of pyridine rings is 3. The molecule has 0 saturated heterocycles. The van der Waals surface area contributed by atoms with Crippen molar-refractivity contribution in [2.45, 2.75) is 12.8 Å². The Kier molecular flexibility index (Phi) is 4.10. The maximum absolute atomic E-state index is 12.1. The normalized spacial score (nSPS) is 13.1. The maximum Gasteiger partial charge on any atom is 0.228 e. The average Bonchev–Trinajstić information content (AvgIpc) is 3.50. The summed E-state index contributed by atoms with van der Waals surface area (Å²) in [5.74, 6) is 7.82. The van der Waals surface area contributed by atoms with Gasteiger partial charge >= 0.3 is 0 Å². The van der Waals surface area contributed by atoms with Gasteiger partial charge in [-0.15, -0.1) is 0 Å². The van der Waals surface area contributed by atoms with E-state index in [1.165, 1.54) is 0 Å². The summed E-state index contributed by atoms with van der Waals surface area (Å²) in [6.07, 6.45) is 9.00. The van der Waals surface area contributed by atoms with Crippen LogP contribution >= 0.6 is 0 Å². The molecule has 0 atom stereocenters. The number of nitrogens with one attached hydrogen (secondary N) is 2. The molecule has 1 saturated carbocycles. The van der Waals surface area contributed by atoms with E-state index in [0.29, 0.717) is 5.82 Å². The molecule has 5 rings (SSSR count). The van der Waals surface area contributed by atoms with Crippen LogP contribution in [0.3, 0.4) is 0 Å². The molecule has 1 aliphatic carbocycles. The van der Waals surface area contributed by atoms with Crippen LogP contribution in [0.4, 0.5) is 11.6 Å². The number of carbonyl (C=O) groups excluding carboxylic acids is 1. The highest BCUT2D eigenvalue weighted by molar-refractivity contribution is 5.99. The Morgan fingerprint density at radius 1 is 1.14 bits per heavy atom. The molecule has 4 heterocycles. The van der Waals surface area contributed by atoms with Crippen LogP contribution in [0, 0.1) is 17.8 Å². The first-order chi connectivity index (χ1) is 14.2. The molecule has 29 heavy (non-hydrogen) atoms. The molecule has 7 heteroatoms. The molecule has 1 fully saturated rings. The van der Waals surface area contributed by atoms with Crippen LogP contribution in [0.15, 0.2) is 49.1 Å². The second-order valence-corrected chi connectivity index (χ2v) is 7.02. The van der Waals surface area contributed by atoms with Crippen molar-refractivity contribution >= 4 is 33.8 Å². The van der Waals surface area contributed by atoms with E-state index in [2.05, 4.69) is 37.5 Å². The first-order valence-corrected chi connectivity index (χ1v) is 9.44. The summed E-state index contributed by atoms with van der Waals surface area (Å²) < 4.78 is 1.80. The standard InChI is InChI=1S/C22H18N6O/c1-23-21-19-13-24-20(27-22(29)15-4-5-15)11-18(19)16(12-25-21)3-2-14-7-9-28-17(10-14)6-8-26-28/h6-13,15H,4-5H2,1H3,(H,23,25)(H,24,27,29). The van der Waals surface area contributed by atoms with Gasteiger partial charge in [0.1, 0.15) is 11.6 Å². The van der Waals surface area contributed by atoms with E-state index < -0.39 is 0 Å². The second kappa shape index (κ2) is 6.91. The number of anilines is 2. The van der Waals surface area contributed by atoms with Gasteiger partial charge in [-0.2, -0.15) is 5.10 Å². The summed E-state index contributed by atoms with van der Waals surface area (Å²) in [4.78, 5) is 20.9. The molecular weight excluding hydrogens is 364 g/mol. The Balaban J connectivity index is 1.55. The van der Waals surface area contributed by atoms with Crippen molar-refractivity contribution in [2.75, 3.05) is 17.7 Å². The molecule has 0 unspecified atom stereocenters. The fraction of sp³-hybridized carbons (Fsp3) is 0.182. The van der Waals surface area contributed by atoms with Crippen molar-refractivity contribution in [3.63, 3.8) is 0 Å². The minimum atomic E-state index is 0.0292. The molecule has 0 radical (unpaired) electrons. The molecule has 1 aliphatic rings. The quantitative estimate of drug-likeness (QED) is 0.532. The summed E-state index contributed by atoms with van der Waals surface area (Å²) >= 11 is 0. The molecule has 2 N–H and O–H groups in total. The van der Waals surface area contributed by atoms with Crippen LogP contribution in [-0.2, 0) is 4.79 Å². The number of hydrogen-bond donors (Lipinski definition) is 2. The van der Waals surface area contributed by atoms with Crippen LogP contribution in [0.5, 0.6) is 0 Å². The lowest BCUT2D eigenvalue weighted by Gasteiger charge is -2.09. The minimum Gasteiger partial charge on any atom is -0.373 e. The molecule has 4 aromatic rings. The highest BCUT2D eigenvalue weighted by Crippen LogP contribution is 2.31. The van der Waals surface area contributed by atoms with E-state index in [0.717, 1.165) is 46.1 Å². The second-order valence-electron chi connectivity index (χ2n) is 7.02. The number of aromatic nitrogens is 4. The summed E-state index contributed by atoms with van der Waals surface area (Å²) in [6, 6.07) is 7.71. The van der Waals surface area contributed by atoms with E-state index in [9.17, 15) is 4.79 Å². The van der Waals surface area contributed by atoms with Gasteiger partial charge in [-0.25, -0.2) is 14.5 Å².